The first-order valence-electron chi connectivity index (χ1n) is 9.21. The smallest absolute Gasteiger partial charge is 0.271 e. The van der Waals surface area contributed by atoms with E-state index in [0.29, 0.717) is 11.3 Å². The number of benzene rings is 3. The van der Waals surface area contributed by atoms with Crippen LogP contribution in [-0.4, -0.2) is 24.6 Å². The van der Waals surface area contributed by atoms with Gasteiger partial charge in [-0.3, -0.25) is 9.59 Å². The van der Waals surface area contributed by atoms with Crippen LogP contribution in [0, 0.1) is 0 Å². The summed E-state index contributed by atoms with van der Waals surface area (Å²) in [4.78, 5) is 24.2. The highest BCUT2D eigenvalue weighted by Crippen LogP contribution is 2.22. The number of primary amides is 1. The molecule has 6 nitrogen and oxygen atoms in total. The summed E-state index contributed by atoms with van der Waals surface area (Å²) in [5.74, 6) is 0.546. The summed E-state index contributed by atoms with van der Waals surface area (Å²) >= 11 is 1.75. The highest BCUT2D eigenvalue weighted by atomic mass is 32.2. The molecule has 3 aromatic rings. The van der Waals surface area contributed by atoms with Gasteiger partial charge >= 0.3 is 0 Å². The minimum atomic E-state index is -0.536. The van der Waals surface area contributed by atoms with E-state index in [4.69, 9.17) is 10.5 Å². The Bertz CT molecular complexity index is 1000. The Kier molecular flexibility index (Phi) is 7.63. The third-order valence-corrected chi connectivity index (χ3v) is 5.09. The highest BCUT2D eigenvalue weighted by molar-refractivity contribution is 7.98. The molecule has 0 bridgehead atoms. The third-order valence-electron chi connectivity index (χ3n) is 4.01. The molecule has 30 heavy (non-hydrogen) atoms. The molecule has 0 aliphatic heterocycles. The summed E-state index contributed by atoms with van der Waals surface area (Å²) in [7, 11) is 0. The van der Waals surface area contributed by atoms with Gasteiger partial charge in [0.05, 0.1) is 6.21 Å². The fourth-order valence-electron chi connectivity index (χ4n) is 2.47. The Balaban J connectivity index is 1.47. The van der Waals surface area contributed by atoms with Crippen molar-refractivity contribution in [3.63, 3.8) is 0 Å². The third kappa shape index (κ3) is 6.79. The fraction of sp³-hybridized carbons (Fsp3) is 0.0870. The van der Waals surface area contributed by atoms with Crippen LogP contribution in [0.25, 0.3) is 0 Å². The van der Waals surface area contributed by atoms with Crippen LogP contribution in [0.5, 0.6) is 5.75 Å². The molecule has 3 rings (SSSR count). The number of ether oxygens (including phenoxy) is 1. The van der Waals surface area contributed by atoms with Crippen LogP contribution < -0.4 is 15.9 Å². The van der Waals surface area contributed by atoms with Gasteiger partial charge in [-0.15, -0.1) is 11.8 Å². The molecule has 0 aromatic heterocycles. The van der Waals surface area contributed by atoms with Gasteiger partial charge in [0.15, 0.2) is 6.61 Å². The minimum absolute atomic E-state index is 0.173. The molecule has 0 unspecified atom stereocenters. The van der Waals surface area contributed by atoms with Crippen molar-refractivity contribution in [2.45, 2.75) is 10.6 Å². The lowest BCUT2D eigenvalue weighted by Gasteiger charge is -2.04. The number of carbonyl (C=O) groups is 2. The molecular weight excluding hydrogens is 398 g/mol. The second kappa shape index (κ2) is 10.8. The van der Waals surface area contributed by atoms with Crippen molar-refractivity contribution in [1.29, 1.82) is 0 Å². The normalized spacial score (nSPS) is 10.7. The molecule has 7 heteroatoms. The van der Waals surface area contributed by atoms with Crippen molar-refractivity contribution in [2.24, 2.45) is 10.8 Å². The summed E-state index contributed by atoms with van der Waals surface area (Å²) in [6.07, 6.45) is 1.53. The molecule has 3 aromatic carbocycles. The molecule has 0 atom stereocenters. The van der Waals surface area contributed by atoms with E-state index in [1.54, 1.807) is 48.2 Å². The number of nitrogens with two attached hydrogens (primary N) is 1. The molecule has 0 heterocycles. The van der Waals surface area contributed by atoms with Crippen LogP contribution in [-0.2, 0) is 10.5 Å². The van der Waals surface area contributed by atoms with Gasteiger partial charge in [-0.05, 0) is 59.7 Å². The maximum atomic E-state index is 12.2. The van der Waals surface area contributed by atoms with E-state index in [2.05, 4.69) is 22.7 Å². The summed E-state index contributed by atoms with van der Waals surface area (Å²) in [5.41, 5.74) is 10.00. The van der Waals surface area contributed by atoms with Crippen LogP contribution in [0.15, 0.2) is 88.9 Å². The first kappa shape index (κ1) is 21.1. The zero-order valence-corrected chi connectivity index (χ0v) is 17.0. The van der Waals surface area contributed by atoms with E-state index in [0.717, 1.165) is 16.9 Å². The van der Waals surface area contributed by atoms with Gasteiger partial charge < -0.3 is 10.5 Å². The van der Waals surface area contributed by atoms with Crippen molar-refractivity contribution in [3.8, 4) is 5.75 Å². The standard InChI is InChI=1S/C23H21N3O3S/c24-22(27)15-29-20-12-8-17(9-13-20)14-25-26-23(28)19-10-6-18(7-11-19)16-30-21-4-2-1-3-5-21/h1-14H,15-16H2,(H2,24,27)(H,26,28)/b25-14-. The minimum Gasteiger partial charge on any atom is -0.484 e. The fourth-order valence-corrected chi connectivity index (χ4v) is 3.35. The average Bonchev–Trinajstić information content (AvgIpc) is 2.78. The molecule has 2 amide bonds. The van der Waals surface area contributed by atoms with E-state index >= 15 is 0 Å². The number of hydrazone groups is 1. The maximum absolute atomic E-state index is 12.2. The monoisotopic (exact) mass is 419 g/mol. The van der Waals surface area contributed by atoms with E-state index in [-0.39, 0.29) is 12.5 Å². The predicted octanol–water partition coefficient (Wildman–Crippen LogP) is 3.61. The summed E-state index contributed by atoms with van der Waals surface area (Å²) < 4.78 is 5.18. The molecule has 0 aliphatic carbocycles. The van der Waals surface area contributed by atoms with Gasteiger partial charge in [-0.1, -0.05) is 30.3 Å². The van der Waals surface area contributed by atoms with Gasteiger partial charge in [0.1, 0.15) is 5.75 Å². The van der Waals surface area contributed by atoms with Gasteiger partial charge in [-0.2, -0.15) is 5.10 Å². The van der Waals surface area contributed by atoms with Crippen LogP contribution in [0.2, 0.25) is 0 Å². The highest BCUT2D eigenvalue weighted by Gasteiger charge is 2.04. The molecule has 0 spiro atoms. The predicted molar refractivity (Wildman–Crippen MR) is 119 cm³/mol. The Morgan fingerprint density at radius 1 is 0.967 bits per heavy atom. The van der Waals surface area contributed by atoms with Gasteiger partial charge in [-0.25, -0.2) is 5.43 Å². The van der Waals surface area contributed by atoms with Gasteiger partial charge in [0.25, 0.3) is 11.8 Å². The summed E-state index contributed by atoms with van der Waals surface area (Å²) in [6, 6.07) is 24.5. The Labute approximate surface area is 179 Å². The van der Waals surface area contributed by atoms with E-state index in [1.807, 2.05) is 30.3 Å². The second-order valence-electron chi connectivity index (χ2n) is 6.32. The Hall–Kier alpha value is -3.58. The van der Waals surface area contributed by atoms with Crippen LogP contribution >= 0.6 is 11.8 Å². The second-order valence-corrected chi connectivity index (χ2v) is 7.37. The zero-order chi connectivity index (χ0) is 21.2. The molecular formula is C23H21N3O3S. The molecule has 0 saturated carbocycles. The molecule has 0 saturated heterocycles. The SMILES string of the molecule is NC(=O)COc1ccc(/C=N\NC(=O)c2ccc(CSc3ccccc3)cc2)cc1. The van der Waals surface area contributed by atoms with Crippen molar-refractivity contribution >= 4 is 29.8 Å². The van der Waals surface area contributed by atoms with Crippen molar-refractivity contribution < 1.29 is 14.3 Å². The Morgan fingerprint density at radius 2 is 1.67 bits per heavy atom. The molecule has 0 aliphatic rings. The van der Waals surface area contributed by atoms with Crippen LogP contribution in [0.1, 0.15) is 21.5 Å². The van der Waals surface area contributed by atoms with Gasteiger partial charge in [0.2, 0.25) is 0 Å². The van der Waals surface area contributed by atoms with E-state index in [9.17, 15) is 9.59 Å². The molecule has 0 radical (unpaired) electrons. The number of nitrogens with one attached hydrogen (secondary N) is 1. The number of hydrogen-bond acceptors (Lipinski definition) is 5. The number of hydrogen-bond donors (Lipinski definition) is 2. The lowest BCUT2D eigenvalue weighted by Crippen LogP contribution is -2.20. The summed E-state index contributed by atoms with van der Waals surface area (Å²) in [5, 5.41) is 3.98. The molecule has 0 fully saturated rings. The zero-order valence-electron chi connectivity index (χ0n) is 16.2. The van der Waals surface area contributed by atoms with Crippen LogP contribution in [0.4, 0.5) is 0 Å². The first-order chi connectivity index (χ1) is 14.6. The number of amides is 2. The largest absolute Gasteiger partial charge is 0.484 e. The average molecular weight is 420 g/mol. The molecule has 3 N–H and O–H groups in total. The van der Waals surface area contributed by atoms with Crippen molar-refractivity contribution in [2.75, 3.05) is 6.61 Å². The number of rotatable bonds is 9. The number of nitrogens with zero attached hydrogens (tertiary/aromatic N) is 1. The lowest BCUT2D eigenvalue weighted by atomic mass is 10.1. The lowest BCUT2D eigenvalue weighted by molar-refractivity contribution is -0.119. The quantitative estimate of drug-likeness (QED) is 0.315. The maximum Gasteiger partial charge on any atom is 0.271 e. The van der Waals surface area contributed by atoms with Crippen molar-refractivity contribution in [1.82, 2.24) is 5.43 Å². The van der Waals surface area contributed by atoms with Crippen molar-refractivity contribution in [3.05, 3.63) is 95.6 Å². The molecule has 152 valence electrons. The van der Waals surface area contributed by atoms with Gasteiger partial charge in [0, 0.05) is 16.2 Å². The van der Waals surface area contributed by atoms with E-state index < -0.39 is 5.91 Å². The number of thioether (sulfide) groups is 1. The van der Waals surface area contributed by atoms with E-state index in [1.165, 1.54) is 11.1 Å². The Morgan fingerprint density at radius 3 is 2.33 bits per heavy atom. The topological polar surface area (TPSA) is 93.8 Å². The number of carbonyl (C=O) groups excluding carboxylic acids is 2. The van der Waals surface area contributed by atoms with Crippen LogP contribution in [0.3, 0.4) is 0 Å². The first-order valence-corrected chi connectivity index (χ1v) is 10.2. The summed E-state index contributed by atoms with van der Waals surface area (Å²) in [6.45, 7) is -0.173.